The third-order valence-electron chi connectivity index (χ3n) is 2.82. The van der Waals surface area contributed by atoms with E-state index in [4.69, 9.17) is 4.74 Å². The third-order valence-corrected chi connectivity index (χ3v) is 2.82. The van der Waals surface area contributed by atoms with Crippen LogP contribution in [0.2, 0.25) is 0 Å². The van der Waals surface area contributed by atoms with Crippen LogP contribution < -0.4 is 0 Å². The van der Waals surface area contributed by atoms with Gasteiger partial charge in [-0.25, -0.2) is 0 Å². The second kappa shape index (κ2) is 6.20. The van der Waals surface area contributed by atoms with Gasteiger partial charge in [-0.3, -0.25) is 9.69 Å². The van der Waals surface area contributed by atoms with E-state index in [9.17, 15) is 4.79 Å². The van der Waals surface area contributed by atoms with E-state index in [1.807, 2.05) is 14.0 Å². The summed E-state index contributed by atoms with van der Waals surface area (Å²) in [5.74, 6) is 0.206. The summed E-state index contributed by atoms with van der Waals surface area (Å²) in [6.07, 6.45) is 0.966. The molecule has 0 amide bonds. The summed E-state index contributed by atoms with van der Waals surface area (Å²) < 4.78 is 5.29. The number of ketones is 1. The number of carbonyl (C=O) groups is 1. The maximum Gasteiger partial charge on any atom is 0.176 e. The number of ether oxygens (including phenoxy) is 1. The highest BCUT2D eigenvalue weighted by atomic mass is 16.5. The first-order valence-electron chi connectivity index (χ1n) is 5.64. The minimum Gasteiger partial charge on any atom is -0.374 e. The van der Waals surface area contributed by atoms with Crippen molar-refractivity contribution in [3.05, 3.63) is 0 Å². The summed E-state index contributed by atoms with van der Waals surface area (Å²) in [6, 6.07) is 0.0145. The Morgan fingerprint density at radius 2 is 2.13 bits per heavy atom. The Balaban J connectivity index is 2.35. The Morgan fingerprint density at radius 1 is 1.40 bits per heavy atom. The van der Waals surface area contributed by atoms with E-state index in [2.05, 4.69) is 16.8 Å². The molecule has 0 aromatic heterocycles. The summed E-state index contributed by atoms with van der Waals surface area (Å²) in [5, 5.41) is 0. The number of hydrogen-bond acceptors (Lipinski definition) is 4. The zero-order valence-corrected chi connectivity index (χ0v) is 10.0. The predicted octanol–water partition coefficient (Wildman–Crippen LogP) is 0.228. The molecule has 0 aromatic carbocycles. The quantitative estimate of drug-likeness (QED) is 0.613. The molecular weight excluding hydrogens is 192 g/mol. The van der Waals surface area contributed by atoms with Gasteiger partial charge < -0.3 is 9.64 Å². The Morgan fingerprint density at radius 3 is 2.80 bits per heavy atom. The lowest BCUT2D eigenvalue weighted by atomic mass is 10.1. The summed E-state index contributed by atoms with van der Waals surface area (Å²) in [5.41, 5.74) is 0. The Bertz CT molecular complexity index is 209. The van der Waals surface area contributed by atoms with Gasteiger partial charge in [0, 0.05) is 26.2 Å². The summed E-state index contributed by atoms with van der Waals surface area (Å²) in [4.78, 5) is 16.2. The van der Waals surface area contributed by atoms with Crippen molar-refractivity contribution in [2.75, 3.05) is 46.9 Å². The van der Waals surface area contributed by atoms with Crippen LogP contribution in [0.3, 0.4) is 0 Å². The highest BCUT2D eigenvalue weighted by Crippen LogP contribution is 2.07. The van der Waals surface area contributed by atoms with Crippen LogP contribution in [0.5, 0.6) is 0 Å². The standard InChI is InChI=1S/C11H22N2O2/c1-4-7-15-9-11(14)10-8-12(2)5-6-13(10)3/h10H,4-9H2,1-3H3. The van der Waals surface area contributed by atoms with Crippen LogP contribution in [-0.4, -0.2) is 68.6 Å². The molecule has 0 saturated carbocycles. The molecule has 1 aliphatic rings. The van der Waals surface area contributed by atoms with E-state index in [0.29, 0.717) is 6.61 Å². The van der Waals surface area contributed by atoms with E-state index < -0.39 is 0 Å². The van der Waals surface area contributed by atoms with Gasteiger partial charge in [0.05, 0.1) is 6.04 Å². The zero-order valence-electron chi connectivity index (χ0n) is 10.0. The lowest BCUT2D eigenvalue weighted by Crippen LogP contribution is -2.54. The number of carbonyl (C=O) groups excluding carboxylic acids is 1. The molecule has 15 heavy (non-hydrogen) atoms. The number of rotatable bonds is 5. The van der Waals surface area contributed by atoms with Gasteiger partial charge in [0.1, 0.15) is 6.61 Å². The molecule has 0 spiro atoms. The van der Waals surface area contributed by atoms with Crippen molar-refractivity contribution >= 4 is 5.78 Å². The van der Waals surface area contributed by atoms with Gasteiger partial charge in [0.2, 0.25) is 0 Å². The van der Waals surface area contributed by atoms with Gasteiger partial charge in [-0.1, -0.05) is 6.92 Å². The van der Waals surface area contributed by atoms with Crippen LogP contribution in [0.4, 0.5) is 0 Å². The third kappa shape index (κ3) is 3.89. The van der Waals surface area contributed by atoms with Crippen LogP contribution >= 0.6 is 0 Å². The van der Waals surface area contributed by atoms with E-state index in [-0.39, 0.29) is 18.4 Å². The molecule has 0 aliphatic carbocycles. The Labute approximate surface area is 92.2 Å². The number of nitrogens with zero attached hydrogens (tertiary/aromatic N) is 2. The van der Waals surface area contributed by atoms with Gasteiger partial charge in [-0.05, 0) is 20.5 Å². The number of likely N-dealkylation sites (N-methyl/N-ethyl adjacent to an activating group) is 2. The second-order valence-corrected chi connectivity index (χ2v) is 4.28. The average Bonchev–Trinajstić information content (AvgIpc) is 2.22. The van der Waals surface area contributed by atoms with E-state index in [1.54, 1.807) is 0 Å². The highest BCUT2D eigenvalue weighted by Gasteiger charge is 2.27. The van der Waals surface area contributed by atoms with Crippen molar-refractivity contribution in [1.82, 2.24) is 9.80 Å². The van der Waals surface area contributed by atoms with Crippen molar-refractivity contribution in [2.45, 2.75) is 19.4 Å². The van der Waals surface area contributed by atoms with Gasteiger partial charge in [-0.2, -0.15) is 0 Å². The molecule has 0 bridgehead atoms. The molecule has 0 aromatic rings. The normalized spacial score (nSPS) is 24.3. The molecule has 1 heterocycles. The van der Waals surface area contributed by atoms with E-state index in [0.717, 1.165) is 26.1 Å². The molecule has 1 atom stereocenters. The molecule has 88 valence electrons. The monoisotopic (exact) mass is 214 g/mol. The summed E-state index contributed by atoms with van der Waals surface area (Å²) >= 11 is 0. The fourth-order valence-corrected chi connectivity index (χ4v) is 1.77. The maximum atomic E-state index is 11.8. The molecule has 1 saturated heterocycles. The van der Waals surface area contributed by atoms with Crippen molar-refractivity contribution in [1.29, 1.82) is 0 Å². The van der Waals surface area contributed by atoms with Crippen molar-refractivity contribution < 1.29 is 9.53 Å². The molecule has 4 nitrogen and oxygen atoms in total. The fraction of sp³-hybridized carbons (Fsp3) is 0.909. The van der Waals surface area contributed by atoms with Crippen molar-refractivity contribution in [2.24, 2.45) is 0 Å². The molecular formula is C11H22N2O2. The van der Waals surface area contributed by atoms with Gasteiger partial charge in [0.15, 0.2) is 5.78 Å². The molecule has 0 N–H and O–H groups in total. The topological polar surface area (TPSA) is 32.8 Å². The predicted molar refractivity (Wildman–Crippen MR) is 60.0 cm³/mol. The molecule has 1 rings (SSSR count). The lowest BCUT2D eigenvalue weighted by Gasteiger charge is -2.36. The zero-order chi connectivity index (χ0) is 11.3. The van der Waals surface area contributed by atoms with Crippen LogP contribution in [-0.2, 0) is 9.53 Å². The average molecular weight is 214 g/mol. The molecule has 0 radical (unpaired) electrons. The van der Waals surface area contributed by atoms with Crippen molar-refractivity contribution in [3.63, 3.8) is 0 Å². The van der Waals surface area contributed by atoms with Crippen LogP contribution in [0.25, 0.3) is 0 Å². The summed E-state index contributed by atoms with van der Waals surface area (Å²) in [7, 11) is 4.07. The van der Waals surface area contributed by atoms with Crippen LogP contribution in [0.15, 0.2) is 0 Å². The van der Waals surface area contributed by atoms with E-state index >= 15 is 0 Å². The second-order valence-electron chi connectivity index (χ2n) is 4.28. The first-order chi connectivity index (χ1) is 7.15. The highest BCUT2D eigenvalue weighted by molar-refractivity contribution is 5.85. The van der Waals surface area contributed by atoms with Crippen molar-refractivity contribution in [3.8, 4) is 0 Å². The first-order valence-corrected chi connectivity index (χ1v) is 5.64. The fourth-order valence-electron chi connectivity index (χ4n) is 1.77. The number of Topliss-reactive ketones (excluding diaryl/α,β-unsaturated/α-hetero) is 1. The maximum absolute atomic E-state index is 11.8. The Hall–Kier alpha value is -0.450. The summed E-state index contributed by atoms with van der Waals surface area (Å²) in [6.45, 7) is 5.81. The van der Waals surface area contributed by atoms with E-state index in [1.165, 1.54) is 0 Å². The molecule has 1 aliphatic heterocycles. The SMILES string of the molecule is CCCOCC(=O)C1CN(C)CCN1C. The van der Waals surface area contributed by atoms with Gasteiger partial charge >= 0.3 is 0 Å². The number of piperazine rings is 1. The minimum absolute atomic E-state index is 0.0145. The lowest BCUT2D eigenvalue weighted by molar-refractivity contribution is -0.130. The largest absolute Gasteiger partial charge is 0.374 e. The molecule has 4 heteroatoms. The van der Waals surface area contributed by atoms with Crippen LogP contribution in [0.1, 0.15) is 13.3 Å². The molecule has 1 fully saturated rings. The smallest absolute Gasteiger partial charge is 0.176 e. The number of hydrogen-bond donors (Lipinski definition) is 0. The molecule has 1 unspecified atom stereocenters. The van der Waals surface area contributed by atoms with Gasteiger partial charge in [0.25, 0.3) is 0 Å². The van der Waals surface area contributed by atoms with Crippen LogP contribution in [0, 0.1) is 0 Å². The Kier molecular flexibility index (Phi) is 5.22. The first kappa shape index (κ1) is 12.6. The minimum atomic E-state index is 0.0145. The van der Waals surface area contributed by atoms with Gasteiger partial charge in [-0.15, -0.1) is 0 Å².